The normalized spacial score (nSPS) is 18.5. The van der Waals surface area contributed by atoms with Gasteiger partial charge in [0, 0.05) is 33.9 Å². The molecule has 0 aliphatic carbocycles. The van der Waals surface area contributed by atoms with Crippen LogP contribution in [0, 0.1) is 6.92 Å². The van der Waals surface area contributed by atoms with Crippen molar-refractivity contribution in [2.45, 2.75) is 32.4 Å². The molecule has 1 atom stereocenters. The molecule has 0 bridgehead atoms. The summed E-state index contributed by atoms with van der Waals surface area (Å²) in [6.45, 7) is 3.70. The molecule has 4 rings (SSSR count). The monoisotopic (exact) mass is 359 g/mol. The minimum Gasteiger partial charge on any atom is -0.423 e. The van der Waals surface area contributed by atoms with Gasteiger partial charge in [0.1, 0.15) is 5.58 Å². The molecule has 1 aliphatic rings. The lowest BCUT2D eigenvalue weighted by molar-refractivity contribution is 0.252. The Balaban J connectivity index is 1.74. The molecule has 5 heteroatoms. The lowest BCUT2D eigenvalue weighted by Crippen LogP contribution is -2.23. The lowest BCUT2D eigenvalue weighted by atomic mass is 10.1. The van der Waals surface area contributed by atoms with E-state index in [1.54, 1.807) is 17.4 Å². The van der Waals surface area contributed by atoms with E-state index in [0.717, 1.165) is 29.6 Å². The second-order valence-electron chi connectivity index (χ2n) is 6.33. The summed E-state index contributed by atoms with van der Waals surface area (Å²) in [5.41, 5.74) is 2.23. The molecule has 0 spiro atoms. The summed E-state index contributed by atoms with van der Waals surface area (Å²) in [6, 6.07) is 10.1. The molecular weight excluding hydrogens is 342 g/mol. The topological polar surface area (TPSA) is 33.5 Å². The van der Waals surface area contributed by atoms with E-state index in [-0.39, 0.29) is 5.63 Å². The molecule has 0 unspecified atom stereocenters. The van der Waals surface area contributed by atoms with Gasteiger partial charge in [0.15, 0.2) is 0 Å². The van der Waals surface area contributed by atoms with Crippen LogP contribution in [0.3, 0.4) is 0 Å². The van der Waals surface area contributed by atoms with Crippen LogP contribution >= 0.6 is 22.9 Å². The zero-order valence-electron chi connectivity index (χ0n) is 13.4. The van der Waals surface area contributed by atoms with Crippen LogP contribution in [-0.2, 0) is 6.54 Å². The van der Waals surface area contributed by atoms with Gasteiger partial charge in [0.2, 0.25) is 0 Å². The third-order valence-corrected chi connectivity index (χ3v) is 6.10. The maximum Gasteiger partial charge on any atom is 0.336 e. The van der Waals surface area contributed by atoms with Gasteiger partial charge in [-0.3, -0.25) is 4.90 Å². The summed E-state index contributed by atoms with van der Waals surface area (Å²) < 4.78 is 5.37. The second kappa shape index (κ2) is 6.36. The van der Waals surface area contributed by atoms with Gasteiger partial charge in [-0.15, -0.1) is 11.3 Å². The number of benzene rings is 1. The lowest BCUT2D eigenvalue weighted by Gasteiger charge is -2.24. The Labute approximate surface area is 149 Å². The molecule has 1 fully saturated rings. The second-order valence-corrected chi connectivity index (χ2v) is 7.72. The van der Waals surface area contributed by atoms with Gasteiger partial charge in [0.05, 0.1) is 0 Å². The van der Waals surface area contributed by atoms with E-state index >= 15 is 0 Å². The van der Waals surface area contributed by atoms with Crippen molar-refractivity contribution in [3.8, 4) is 0 Å². The van der Waals surface area contributed by atoms with Gasteiger partial charge in [-0.1, -0.05) is 17.7 Å². The Morgan fingerprint density at radius 3 is 3.04 bits per heavy atom. The number of nitrogens with zero attached hydrogens (tertiary/aromatic N) is 1. The van der Waals surface area contributed by atoms with E-state index in [9.17, 15) is 4.79 Å². The Morgan fingerprint density at radius 2 is 2.25 bits per heavy atom. The largest absolute Gasteiger partial charge is 0.423 e. The Kier molecular flexibility index (Phi) is 4.21. The molecule has 0 N–H and O–H groups in total. The number of thiophene rings is 1. The van der Waals surface area contributed by atoms with Gasteiger partial charge in [-0.2, -0.15) is 0 Å². The zero-order valence-corrected chi connectivity index (χ0v) is 15.0. The van der Waals surface area contributed by atoms with Crippen LogP contribution in [0.4, 0.5) is 0 Å². The summed E-state index contributed by atoms with van der Waals surface area (Å²) >= 11 is 8.10. The molecule has 1 aromatic carbocycles. The van der Waals surface area contributed by atoms with Crippen LogP contribution in [0.25, 0.3) is 11.0 Å². The summed E-state index contributed by atoms with van der Waals surface area (Å²) in [5, 5.41) is 3.76. The SMILES string of the molecule is Cc1cc2oc(=O)cc(CN3CCC[C@@H]3c3cccs3)c2cc1Cl. The van der Waals surface area contributed by atoms with E-state index in [1.807, 2.05) is 19.1 Å². The van der Waals surface area contributed by atoms with Crippen LogP contribution in [0.5, 0.6) is 0 Å². The molecule has 3 heterocycles. The first-order valence-corrected chi connectivity index (χ1v) is 9.38. The summed E-state index contributed by atoms with van der Waals surface area (Å²) in [6.07, 6.45) is 2.35. The quantitative estimate of drug-likeness (QED) is 0.606. The van der Waals surface area contributed by atoms with Crippen molar-refractivity contribution in [2.24, 2.45) is 0 Å². The molecule has 3 aromatic rings. The third-order valence-electron chi connectivity index (χ3n) is 4.72. The first-order chi connectivity index (χ1) is 11.6. The van der Waals surface area contributed by atoms with E-state index < -0.39 is 0 Å². The van der Waals surface area contributed by atoms with E-state index in [0.29, 0.717) is 16.6 Å². The van der Waals surface area contributed by atoms with Crippen LogP contribution in [0.2, 0.25) is 5.02 Å². The Hall–Kier alpha value is -1.62. The van der Waals surface area contributed by atoms with E-state index in [2.05, 4.69) is 22.4 Å². The highest BCUT2D eigenvalue weighted by Gasteiger charge is 2.27. The van der Waals surface area contributed by atoms with Crippen molar-refractivity contribution in [1.29, 1.82) is 0 Å². The molecule has 0 radical (unpaired) electrons. The standard InChI is InChI=1S/C19H18ClNO2S/c1-12-8-17-14(10-15(12)20)13(9-19(22)23-17)11-21-6-2-4-16(21)18-5-3-7-24-18/h3,5,7-10,16H,2,4,6,11H2,1H3/t16-/m1/s1. The van der Waals surface area contributed by atoms with Crippen molar-refractivity contribution in [1.82, 2.24) is 4.90 Å². The number of hydrogen-bond donors (Lipinski definition) is 0. The van der Waals surface area contributed by atoms with Crippen molar-refractivity contribution in [2.75, 3.05) is 6.54 Å². The predicted octanol–water partition coefficient (Wildman–Crippen LogP) is 5.15. The molecule has 3 nitrogen and oxygen atoms in total. The zero-order chi connectivity index (χ0) is 16.7. The minimum absolute atomic E-state index is 0.300. The molecule has 2 aromatic heterocycles. The average molecular weight is 360 g/mol. The fourth-order valence-corrected chi connectivity index (χ4v) is 4.58. The van der Waals surface area contributed by atoms with Crippen molar-refractivity contribution >= 4 is 33.9 Å². The fourth-order valence-electron chi connectivity index (χ4n) is 3.52. The highest BCUT2D eigenvalue weighted by atomic mass is 35.5. The van der Waals surface area contributed by atoms with Crippen molar-refractivity contribution in [3.05, 3.63) is 67.2 Å². The third kappa shape index (κ3) is 2.90. The maximum atomic E-state index is 12.0. The summed E-state index contributed by atoms with van der Waals surface area (Å²) in [7, 11) is 0. The number of rotatable bonds is 3. The highest BCUT2D eigenvalue weighted by Crippen LogP contribution is 2.36. The number of fused-ring (bicyclic) bond motifs is 1. The fraction of sp³-hybridized carbons (Fsp3) is 0.316. The Bertz CT molecular complexity index is 932. The van der Waals surface area contributed by atoms with Crippen molar-refractivity contribution in [3.63, 3.8) is 0 Å². The average Bonchev–Trinajstić information content (AvgIpc) is 3.20. The van der Waals surface area contributed by atoms with Gasteiger partial charge >= 0.3 is 5.63 Å². The van der Waals surface area contributed by atoms with Gasteiger partial charge in [-0.25, -0.2) is 4.79 Å². The van der Waals surface area contributed by atoms with Gasteiger partial charge in [-0.05, 0) is 61.0 Å². The number of halogens is 1. The van der Waals surface area contributed by atoms with E-state index in [1.165, 1.54) is 17.7 Å². The maximum absolute atomic E-state index is 12.0. The van der Waals surface area contributed by atoms with Gasteiger partial charge in [0.25, 0.3) is 0 Å². The summed E-state index contributed by atoms with van der Waals surface area (Å²) in [5.74, 6) is 0. The number of hydrogen-bond acceptors (Lipinski definition) is 4. The smallest absolute Gasteiger partial charge is 0.336 e. The molecule has 1 aliphatic heterocycles. The molecule has 24 heavy (non-hydrogen) atoms. The molecule has 1 saturated heterocycles. The molecule has 0 amide bonds. The molecule has 124 valence electrons. The molecule has 0 saturated carbocycles. The molecular formula is C19H18ClNO2S. The van der Waals surface area contributed by atoms with Crippen LogP contribution in [0.1, 0.15) is 34.9 Å². The van der Waals surface area contributed by atoms with Crippen LogP contribution in [-0.4, -0.2) is 11.4 Å². The minimum atomic E-state index is -0.300. The number of aryl methyl sites for hydroxylation is 1. The van der Waals surface area contributed by atoms with Crippen LogP contribution in [0.15, 0.2) is 44.9 Å². The van der Waals surface area contributed by atoms with Crippen LogP contribution < -0.4 is 5.63 Å². The van der Waals surface area contributed by atoms with E-state index in [4.69, 9.17) is 16.0 Å². The Morgan fingerprint density at radius 1 is 1.38 bits per heavy atom. The van der Waals surface area contributed by atoms with Crippen molar-refractivity contribution < 1.29 is 4.42 Å². The predicted molar refractivity (Wildman–Crippen MR) is 98.9 cm³/mol. The summed E-state index contributed by atoms with van der Waals surface area (Å²) in [4.78, 5) is 15.8. The first-order valence-electron chi connectivity index (χ1n) is 8.12. The van der Waals surface area contributed by atoms with Gasteiger partial charge < -0.3 is 4.42 Å². The highest BCUT2D eigenvalue weighted by molar-refractivity contribution is 7.10. The first kappa shape index (κ1) is 15.9. The number of likely N-dealkylation sites (tertiary alicyclic amines) is 1.